The summed E-state index contributed by atoms with van der Waals surface area (Å²) in [6.45, 7) is 3.49. The van der Waals surface area contributed by atoms with E-state index in [4.69, 9.17) is 0 Å². The fraction of sp³-hybridized carbons (Fsp3) is 0.143. The van der Waals surface area contributed by atoms with Crippen molar-refractivity contribution in [3.63, 3.8) is 0 Å². The highest BCUT2D eigenvalue weighted by Crippen LogP contribution is 2.27. The van der Waals surface area contributed by atoms with Crippen molar-refractivity contribution in [1.29, 1.82) is 0 Å². The number of H-pyrrole nitrogens is 1. The zero-order valence-electron chi connectivity index (χ0n) is 16.0. The number of benzene rings is 1. The number of aromatic amines is 1. The van der Waals surface area contributed by atoms with E-state index >= 15 is 0 Å². The molecule has 0 bridgehead atoms. The number of aromatic nitrogens is 4. The number of nitrogens with zero attached hydrogens (tertiary/aromatic N) is 3. The van der Waals surface area contributed by atoms with E-state index in [0.29, 0.717) is 22.8 Å². The molecule has 4 rings (SSSR count). The lowest BCUT2D eigenvalue weighted by Crippen LogP contribution is -2.21. The van der Waals surface area contributed by atoms with E-state index < -0.39 is 0 Å². The van der Waals surface area contributed by atoms with Crippen molar-refractivity contribution in [2.45, 2.75) is 20.3 Å². The van der Waals surface area contributed by atoms with Crippen LogP contribution in [-0.2, 0) is 11.2 Å². The van der Waals surface area contributed by atoms with E-state index in [1.807, 2.05) is 47.8 Å². The average molecular weight is 405 g/mol. The Morgan fingerprint density at radius 2 is 1.97 bits per heavy atom. The second-order valence-electron chi connectivity index (χ2n) is 6.61. The smallest absolute Gasteiger partial charge is 0.255 e. The van der Waals surface area contributed by atoms with Gasteiger partial charge in [0.15, 0.2) is 0 Å². The van der Waals surface area contributed by atoms with E-state index in [1.54, 1.807) is 31.3 Å². The number of amides is 1. The van der Waals surface area contributed by atoms with Crippen LogP contribution in [0.25, 0.3) is 16.5 Å². The zero-order valence-corrected chi connectivity index (χ0v) is 16.8. The van der Waals surface area contributed by atoms with Crippen LogP contribution >= 0.6 is 11.3 Å². The maximum Gasteiger partial charge on any atom is 0.255 e. The number of carbonyl (C=O) groups excluding carboxylic acids is 1. The molecule has 0 spiro atoms. The van der Waals surface area contributed by atoms with Crippen molar-refractivity contribution in [2.24, 2.45) is 0 Å². The van der Waals surface area contributed by atoms with E-state index in [9.17, 15) is 9.59 Å². The maximum absolute atomic E-state index is 12.6. The Bertz CT molecular complexity index is 1210. The van der Waals surface area contributed by atoms with Gasteiger partial charge >= 0.3 is 0 Å². The quantitative estimate of drug-likeness (QED) is 0.532. The minimum Gasteiger partial charge on any atom is -0.310 e. The van der Waals surface area contributed by atoms with Crippen molar-refractivity contribution < 1.29 is 4.79 Å². The lowest BCUT2D eigenvalue weighted by Gasteiger charge is -2.09. The topological polar surface area (TPSA) is 92.7 Å². The van der Waals surface area contributed by atoms with Crippen LogP contribution in [0.1, 0.15) is 16.8 Å². The molecular formula is C21H19N5O2S. The lowest BCUT2D eigenvalue weighted by atomic mass is 10.1. The summed E-state index contributed by atoms with van der Waals surface area (Å²) in [5.74, 6) is 0.526. The van der Waals surface area contributed by atoms with Crippen LogP contribution in [0.4, 0.5) is 5.82 Å². The van der Waals surface area contributed by atoms with Gasteiger partial charge in [-0.3, -0.25) is 14.6 Å². The number of hydrogen-bond donors (Lipinski definition) is 2. The lowest BCUT2D eigenvalue weighted by molar-refractivity contribution is -0.115. The van der Waals surface area contributed by atoms with E-state index in [2.05, 4.69) is 20.4 Å². The molecule has 0 atom stereocenters. The van der Waals surface area contributed by atoms with Crippen LogP contribution < -0.4 is 10.9 Å². The highest BCUT2D eigenvalue weighted by molar-refractivity contribution is 7.13. The van der Waals surface area contributed by atoms with Crippen molar-refractivity contribution in [3.05, 3.63) is 81.1 Å². The van der Waals surface area contributed by atoms with Gasteiger partial charge in [-0.2, -0.15) is 9.78 Å². The molecule has 3 aromatic heterocycles. The van der Waals surface area contributed by atoms with Gasteiger partial charge in [0.05, 0.1) is 11.3 Å². The molecule has 7 nitrogen and oxygen atoms in total. The molecule has 8 heteroatoms. The highest BCUT2D eigenvalue weighted by atomic mass is 32.1. The molecule has 2 N–H and O–H groups in total. The second-order valence-corrected chi connectivity index (χ2v) is 7.56. The fourth-order valence-electron chi connectivity index (χ4n) is 2.88. The molecule has 0 radical (unpaired) electrons. The molecule has 29 heavy (non-hydrogen) atoms. The predicted octanol–water partition coefficient (Wildman–Crippen LogP) is 3.48. The Morgan fingerprint density at radius 3 is 2.66 bits per heavy atom. The molecule has 0 aliphatic rings. The Morgan fingerprint density at radius 1 is 1.17 bits per heavy atom. The van der Waals surface area contributed by atoms with Gasteiger partial charge < -0.3 is 5.32 Å². The molecule has 0 fully saturated rings. The van der Waals surface area contributed by atoms with Gasteiger partial charge in [-0.05, 0) is 30.9 Å². The summed E-state index contributed by atoms with van der Waals surface area (Å²) in [7, 11) is 0. The first-order valence-corrected chi connectivity index (χ1v) is 9.95. The van der Waals surface area contributed by atoms with Crippen LogP contribution in [0, 0.1) is 13.8 Å². The summed E-state index contributed by atoms with van der Waals surface area (Å²) in [4.78, 5) is 33.0. The van der Waals surface area contributed by atoms with E-state index in [1.165, 1.54) is 4.68 Å². The Balaban J connectivity index is 1.72. The van der Waals surface area contributed by atoms with Gasteiger partial charge in [-0.15, -0.1) is 11.3 Å². The van der Waals surface area contributed by atoms with Gasteiger partial charge in [-0.25, -0.2) is 4.98 Å². The van der Waals surface area contributed by atoms with Crippen molar-refractivity contribution >= 4 is 23.1 Å². The Labute approximate surface area is 171 Å². The van der Waals surface area contributed by atoms with Gasteiger partial charge in [0.25, 0.3) is 5.56 Å². The molecule has 0 aliphatic carbocycles. The monoisotopic (exact) mass is 405 g/mol. The highest BCUT2D eigenvalue weighted by Gasteiger charge is 2.17. The summed E-state index contributed by atoms with van der Waals surface area (Å²) >= 11 is 1.54. The molecule has 0 aliphatic heterocycles. The molecule has 3 heterocycles. The third-order valence-corrected chi connectivity index (χ3v) is 5.43. The summed E-state index contributed by atoms with van der Waals surface area (Å²) in [6, 6.07) is 15.2. The summed E-state index contributed by atoms with van der Waals surface area (Å²) < 4.78 is 1.46. The van der Waals surface area contributed by atoms with Gasteiger partial charge in [-0.1, -0.05) is 36.4 Å². The van der Waals surface area contributed by atoms with Crippen molar-refractivity contribution in [3.8, 4) is 16.5 Å². The number of nitrogens with one attached hydrogen (secondary N) is 2. The third-order valence-electron chi connectivity index (χ3n) is 4.54. The molecular weight excluding hydrogens is 386 g/mol. The first-order chi connectivity index (χ1) is 14.0. The molecule has 0 saturated carbocycles. The van der Waals surface area contributed by atoms with Gasteiger partial charge in [0.2, 0.25) is 11.9 Å². The van der Waals surface area contributed by atoms with Crippen LogP contribution in [0.15, 0.2) is 58.7 Å². The molecule has 1 aromatic carbocycles. The number of aryl methyl sites for hydroxylation is 1. The minimum atomic E-state index is -0.234. The van der Waals surface area contributed by atoms with Crippen molar-refractivity contribution in [1.82, 2.24) is 19.7 Å². The zero-order chi connectivity index (χ0) is 20.4. The average Bonchev–Trinajstić information content (AvgIpc) is 3.36. The number of rotatable bonds is 5. The Kier molecular flexibility index (Phi) is 5.09. The maximum atomic E-state index is 12.6. The SMILES string of the molecule is Cc1nc(-n2nc(-c3cccs3)cc2NC(=O)Cc2ccccc2)[nH]c(=O)c1C. The van der Waals surface area contributed by atoms with Crippen LogP contribution in [0.5, 0.6) is 0 Å². The van der Waals surface area contributed by atoms with E-state index in [0.717, 1.165) is 10.4 Å². The molecule has 4 aromatic rings. The summed E-state index contributed by atoms with van der Waals surface area (Å²) in [6.07, 6.45) is 0.233. The summed E-state index contributed by atoms with van der Waals surface area (Å²) in [5, 5.41) is 9.43. The fourth-order valence-corrected chi connectivity index (χ4v) is 3.56. The van der Waals surface area contributed by atoms with Gasteiger partial charge in [0, 0.05) is 17.3 Å². The van der Waals surface area contributed by atoms with Crippen LogP contribution in [0.2, 0.25) is 0 Å². The standard InChI is InChI=1S/C21H19N5O2S/c1-13-14(2)22-21(24-20(13)28)26-18(12-16(25-26)17-9-6-10-29-17)23-19(27)11-15-7-4-3-5-8-15/h3-10,12H,11H2,1-2H3,(H,23,27)(H,22,24,28). The number of anilines is 1. The molecule has 0 saturated heterocycles. The van der Waals surface area contributed by atoms with E-state index in [-0.39, 0.29) is 23.8 Å². The largest absolute Gasteiger partial charge is 0.310 e. The van der Waals surface area contributed by atoms with Crippen LogP contribution in [0.3, 0.4) is 0 Å². The first-order valence-electron chi connectivity index (χ1n) is 9.07. The third kappa shape index (κ3) is 4.02. The molecule has 0 unspecified atom stereocenters. The Hall–Kier alpha value is -3.52. The molecule has 1 amide bonds. The molecule has 146 valence electrons. The van der Waals surface area contributed by atoms with Gasteiger partial charge in [0.1, 0.15) is 11.5 Å². The number of thiophene rings is 1. The number of hydrogen-bond acceptors (Lipinski definition) is 5. The normalized spacial score (nSPS) is 10.8. The summed E-state index contributed by atoms with van der Waals surface area (Å²) in [5.41, 5.74) is 2.53. The first kappa shape index (κ1) is 18.8. The minimum absolute atomic E-state index is 0.179. The van der Waals surface area contributed by atoms with Crippen LogP contribution in [-0.4, -0.2) is 25.7 Å². The second kappa shape index (κ2) is 7.84. The predicted molar refractivity (Wildman–Crippen MR) is 114 cm³/mol. The van der Waals surface area contributed by atoms with Crippen molar-refractivity contribution in [2.75, 3.05) is 5.32 Å². The number of carbonyl (C=O) groups is 1.